The Labute approximate surface area is 187 Å². The van der Waals surface area contributed by atoms with Crippen LogP contribution in [0.1, 0.15) is 59.4 Å². The molecule has 4 rings (SSSR count). The van der Waals surface area contributed by atoms with Crippen LogP contribution < -0.4 is 4.74 Å². The quantitative estimate of drug-likeness (QED) is 0.583. The highest BCUT2D eigenvalue weighted by molar-refractivity contribution is 7.88. The normalized spacial score (nSPS) is 25.7. The van der Waals surface area contributed by atoms with Crippen LogP contribution in [0, 0.1) is 5.92 Å². The van der Waals surface area contributed by atoms with E-state index in [0.717, 1.165) is 43.4 Å². The van der Waals surface area contributed by atoms with Gasteiger partial charge in [-0.25, -0.2) is 18.2 Å². The molecule has 10 heteroatoms. The molecule has 172 valence electrons. The molecule has 9 nitrogen and oxygen atoms in total. The Morgan fingerprint density at radius 3 is 2.87 bits per heavy atom. The second kappa shape index (κ2) is 8.90. The number of amides is 1. The van der Waals surface area contributed by atoms with Crippen LogP contribution in [0.2, 0.25) is 0 Å². The van der Waals surface area contributed by atoms with Crippen LogP contribution in [-0.2, 0) is 27.7 Å². The van der Waals surface area contributed by atoms with Crippen molar-refractivity contribution in [1.29, 1.82) is 0 Å². The molecule has 31 heavy (non-hydrogen) atoms. The summed E-state index contributed by atoms with van der Waals surface area (Å²) in [6, 6.07) is 0.281. The zero-order valence-corrected chi connectivity index (χ0v) is 19.0. The van der Waals surface area contributed by atoms with E-state index in [9.17, 15) is 13.2 Å². The van der Waals surface area contributed by atoms with Gasteiger partial charge in [-0.15, -0.1) is 0 Å². The zero-order chi connectivity index (χ0) is 23.9. The number of sulfonamides is 1. The van der Waals surface area contributed by atoms with Crippen molar-refractivity contribution < 1.29 is 25.4 Å². The molecule has 1 saturated carbocycles. The molecule has 2 aliphatic heterocycles. The van der Waals surface area contributed by atoms with Crippen LogP contribution in [0.15, 0.2) is 6.20 Å². The van der Waals surface area contributed by atoms with Crippen molar-refractivity contribution in [2.24, 2.45) is 5.92 Å². The van der Waals surface area contributed by atoms with Crippen molar-refractivity contribution in [2.45, 2.75) is 64.0 Å². The molecule has 1 atom stereocenters. The van der Waals surface area contributed by atoms with Crippen molar-refractivity contribution in [3.05, 3.63) is 17.5 Å². The second-order valence-electron chi connectivity index (χ2n) is 8.95. The predicted molar refractivity (Wildman–Crippen MR) is 114 cm³/mol. The lowest BCUT2D eigenvalue weighted by molar-refractivity contribution is 0.0481. The highest BCUT2D eigenvalue weighted by atomic mass is 32.2. The Bertz CT molecular complexity index is 1000. The monoisotopic (exact) mass is 454 g/mol. The summed E-state index contributed by atoms with van der Waals surface area (Å²) >= 11 is 0. The Kier molecular flexibility index (Phi) is 5.66. The number of carbonyl (C=O) groups is 1. The summed E-state index contributed by atoms with van der Waals surface area (Å²) in [6.07, 6.45) is 7.01. The van der Waals surface area contributed by atoms with E-state index in [1.165, 1.54) is 15.5 Å². The first-order valence-electron chi connectivity index (χ1n) is 11.9. The van der Waals surface area contributed by atoms with Gasteiger partial charge in [0.1, 0.15) is 5.60 Å². The minimum absolute atomic E-state index is 0.163. The molecule has 1 amide bonds. The predicted octanol–water partition coefficient (Wildman–Crippen LogP) is 2.35. The van der Waals surface area contributed by atoms with Crippen LogP contribution in [0.4, 0.5) is 4.79 Å². The molecule has 0 N–H and O–H groups in total. The van der Waals surface area contributed by atoms with Gasteiger partial charge in [-0.3, -0.25) is 0 Å². The fraction of sp³-hybridized carbons (Fsp3) is 0.762. The Balaban J connectivity index is 1.21. The maximum absolute atomic E-state index is 12.4. The van der Waals surface area contributed by atoms with E-state index >= 15 is 0 Å². The van der Waals surface area contributed by atoms with Crippen molar-refractivity contribution in [3.63, 3.8) is 0 Å². The Morgan fingerprint density at radius 1 is 1.35 bits per heavy atom. The summed E-state index contributed by atoms with van der Waals surface area (Å²) < 4.78 is 52.7. The number of ether oxygens (including phenoxy) is 2. The molecule has 1 unspecified atom stereocenters. The lowest BCUT2D eigenvalue weighted by atomic mass is 9.92. The molecule has 3 heterocycles. The van der Waals surface area contributed by atoms with Gasteiger partial charge in [-0.2, -0.15) is 9.29 Å². The van der Waals surface area contributed by atoms with Crippen molar-refractivity contribution in [1.82, 2.24) is 19.2 Å². The van der Waals surface area contributed by atoms with Crippen LogP contribution in [-0.4, -0.2) is 71.7 Å². The van der Waals surface area contributed by atoms with Gasteiger partial charge in [-0.1, -0.05) is 0 Å². The summed E-state index contributed by atoms with van der Waals surface area (Å²) in [5.41, 5.74) is 1.20. The number of rotatable bonds is 7. The fourth-order valence-corrected chi connectivity index (χ4v) is 4.63. The molecule has 3 aliphatic rings. The Morgan fingerprint density at radius 2 is 2.16 bits per heavy atom. The summed E-state index contributed by atoms with van der Waals surface area (Å²) in [5.74, 6) is 0.163. The first kappa shape index (κ1) is 19.7. The number of aromatic nitrogens is 2. The van der Waals surface area contributed by atoms with Gasteiger partial charge in [-0.05, 0) is 51.4 Å². The lowest BCUT2D eigenvalue weighted by Crippen LogP contribution is -2.40. The number of fused-ring (bicyclic) bond motifs is 1. The molecular weight excluding hydrogens is 420 g/mol. The molecule has 1 aliphatic carbocycles. The van der Waals surface area contributed by atoms with Crippen molar-refractivity contribution in [3.8, 4) is 6.01 Å². The maximum Gasteiger partial charge on any atom is 0.410 e. The summed E-state index contributed by atoms with van der Waals surface area (Å²) in [6.45, 7) is 1.61. The van der Waals surface area contributed by atoms with Crippen LogP contribution in [0.5, 0.6) is 6.01 Å². The van der Waals surface area contributed by atoms with Crippen molar-refractivity contribution in [2.75, 3.05) is 32.4 Å². The van der Waals surface area contributed by atoms with Crippen molar-refractivity contribution >= 4 is 16.1 Å². The average Bonchev–Trinajstić information content (AvgIpc) is 3.45. The number of likely N-dealkylation sites (tertiary alicyclic amines) is 1. The van der Waals surface area contributed by atoms with E-state index in [4.69, 9.17) is 12.2 Å². The summed E-state index contributed by atoms with van der Waals surface area (Å²) in [7, 11) is -3.24. The van der Waals surface area contributed by atoms with Gasteiger partial charge in [0.25, 0.3) is 0 Å². The van der Waals surface area contributed by atoms with E-state index in [0.29, 0.717) is 26.1 Å². The van der Waals surface area contributed by atoms with Gasteiger partial charge in [0.2, 0.25) is 10.0 Å². The van der Waals surface area contributed by atoms with E-state index in [1.807, 2.05) is 6.92 Å². The molecule has 1 saturated heterocycles. The van der Waals surface area contributed by atoms with E-state index in [-0.39, 0.29) is 24.9 Å². The minimum atomic E-state index is -3.24. The third-order valence-corrected chi connectivity index (χ3v) is 7.42. The maximum atomic E-state index is 12.4. The smallest absolute Gasteiger partial charge is 0.410 e. The highest BCUT2D eigenvalue weighted by Crippen LogP contribution is 2.39. The number of hydrogen-bond acceptors (Lipinski definition) is 7. The molecular formula is C21H32N4O5S. The van der Waals surface area contributed by atoms with Crippen LogP contribution >= 0.6 is 0 Å². The van der Waals surface area contributed by atoms with Gasteiger partial charge in [0.05, 0.1) is 18.6 Å². The van der Waals surface area contributed by atoms with Gasteiger partial charge >= 0.3 is 12.1 Å². The minimum Gasteiger partial charge on any atom is -0.463 e. The number of carbonyl (C=O) groups excluding carboxylic acids is 1. The van der Waals surface area contributed by atoms with E-state index in [1.54, 1.807) is 6.20 Å². The van der Waals surface area contributed by atoms with Gasteiger partial charge in [0.15, 0.2) is 0 Å². The molecule has 1 aromatic heterocycles. The molecule has 0 aromatic carbocycles. The molecule has 0 radical (unpaired) electrons. The number of nitrogens with zero attached hydrogens (tertiary/aromatic N) is 4. The second-order valence-corrected chi connectivity index (χ2v) is 10.9. The van der Waals surface area contributed by atoms with E-state index < -0.39 is 28.2 Å². The van der Waals surface area contributed by atoms with Gasteiger partial charge < -0.3 is 14.4 Å². The van der Waals surface area contributed by atoms with Gasteiger partial charge in [0, 0.05) is 47.1 Å². The zero-order valence-electron chi connectivity index (χ0n) is 20.2. The third kappa shape index (κ3) is 5.85. The first-order chi connectivity index (χ1) is 15.5. The summed E-state index contributed by atoms with van der Waals surface area (Å²) in [5, 5.41) is 0. The SMILES string of the molecule is [2H]C1([2H])CC(CCCOc2ncc3c(n2)CCN(S(C)(=O)=O)C3)CCN1C(=O)OC1(C)CC1. The molecule has 2 fully saturated rings. The van der Waals surface area contributed by atoms with Crippen LogP contribution in [0.3, 0.4) is 0 Å². The average molecular weight is 455 g/mol. The largest absolute Gasteiger partial charge is 0.463 e. The first-order valence-corrected chi connectivity index (χ1v) is 12.7. The highest BCUT2D eigenvalue weighted by Gasteiger charge is 2.43. The lowest BCUT2D eigenvalue weighted by Gasteiger charge is -2.32. The third-order valence-electron chi connectivity index (χ3n) is 6.17. The topological polar surface area (TPSA) is 102 Å². The Hall–Kier alpha value is -1.94. The number of hydrogen-bond donors (Lipinski definition) is 0. The van der Waals surface area contributed by atoms with Crippen LogP contribution in [0.25, 0.3) is 0 Å². The summed E-state index contributed by atoms with van der Waals surface area (Å²) in [4.78, 5) is 22.2. The molecule has 0 spiro atoms. The molecule has 0 bridgehead atoms. The molecule has 1 aromatic rings. The standard InChI is InChI=1S/C21H32N4O5S/c1-21(8-9-21)30-20(26)24-10-5-16(6-11-24)4-3-13-29-19-22-14-17-15-25(31(2,27)28)12-7-18(17)23-19/h14,16H,3-13,15H2,1-2H3/i10D2. The fourth-order valence-electron chi connectivity index (χ4n) is 3.84. The number of piperidine rings is 1. The van der Waals surface area contributed by atoms with E-state index in [2.05, 4.69) is 9.97 Å².